The molecule has 0 unspecified atom stereocenters. The van der Waals surface area contributed by atoms with Crippen molar-refractivity contribution in [2.75, 3.05) is 7.05 Å². The van der Waals surface area contributed by atoms with Crippen LogP contribution in [0.15, 0.2) is 45.9 Å². The minimum Gasteiger partial charge on any atom is -0.502 e. The van der Waals surface area contributed by atoms with E-state index in [1.165, 1.54) is 13.3 Å². The molecule has 0 radical (unpaired) electrons. The molecule has 1 N–H and O–H groups in total. The van der Waals surface area contributed by atoms with Crippen LogP contribution in [0, 0.1) is 10.1 Å². The Labute approximate surface area is 120 Å². The number of hydrogen-bond acceptors (Lipinski definition) is 6. The van der Waals surface area contributed by atoms with Crippen LogP contribution in [0.5, 0.6) is 5.75 Å². The largest absolute Gasteiger partial charge is 0.502 e. The Morgan fingerprint density at radius 1 is 1.38 bits per heavy atom. The fourth-order valence-electron chi connectivity index (χ4n) is 1.70. The van der Waals surface area contributed by atoms with Gasteiger partial charge in [-0.2, -0.15) is 4.31 Å². The van der Waals surface area contributed by atoms with Crippen LogP contribution in [-0.2, 0) is 16.6 Å². The zero-order valence-corrected chi connectivity index (χ0v) is 11.8. The van der Waals surface area contributed by atoms with Crippen molar-refractivity contribution in [2.45, 2.75) is 11.4 Å². The summed E-state index contributed by atoms with van der Waals surface area (Å²) in [5, 5.41) is 20.1. The number of phenolic OH excluding ortho intramolecular Hbond substituents is 1. The average Bonchev–Trinajstić information content (AvgIpc) is 2.91. The van der Waals surface area contributed by atoms with E-state index in [9.17, 15) is 23.6 Å². The van der Waals surface area contributed by atoms with Gasteiger partial charge in [-0.05, 0) is 24.3 Å². The Balaban J connectivity index is 2.35. The van der Waals surface area contributed by atoms with E-state index in [4.69, 9.17) is 4.42 Å². The molecular weight excluding hydrogens is 300 g/mol. The van der Waals surface area contributed by atoms with Crippen LogP contribution < -0.4 is 0 Å². The highest BCUT2D eigenvalue weighted by atomic mass is 32.2. The van der Waals surface area contributed by atoms with E-state index in [1.54, 1.807) is 12.1 Å². The molecule has 0 bridgehead atoms. The normalized spacial score (nSPS) is 11.7. The van der Waals surface area contributed by atoms with Gasteiger partial charge in [0.1, 0.15) is 5.76 Å². The van der Waals surface area contributed by atoms with Gasteiger partial charge >= 0.3 is 5.69 Å². The maximum absolute atomic E-state index is 12.3. The van der Waals surface area contributed by atoms with Crippen molar-refractivity contribution in [1.82, 2.24) is 4.31 Å². The summed E-state index contributed by atoms with van der Waals surface area (Å²) < 4.78 is 30.7. The lowest BCUT2D eigenvalue weighted by atomic mass is 10.3. The topological polar surface area (TPSA) is 114 Å². The molecule has 0 amide bonds. The molecule has 21 heavy (non-hydrogen) atoms. The Morgan fingerprint density at radius 3 is 2.67 bits per heavy atom. The Bertz CT molecular complexity index is 754. The number of hydrogen-bond donors (Lipinski definition) is 1. The highest BCUT2D eigenvalue weighted by molar-refractivity contribution is 7.89. The molecule has 0 fully saturated rings. The quantitative estimate of drug-likeness (QED) is 0.664. The third-order valence-electron chi connectivity index (χ3n) is 2.81. The van der Waals surface area contributed by atoms with Crippen LogP contribution in [0.1, 0.15) is 5.76 Å². The lowest BCUT2D eigenvalue weighted by Gasteiger charge is -2.15. The number of rotatable bonds is 5. The zero-order chi connectivity index (χ0) is 15.6. The first-order chi connectivity index (χ1) is 9.82. The molecule has 0 atom stereocenters. The van der Waals surface area contributed by atoms with E-state index in [-0.39, 0.29) is 11.4 Å². The van der Waals surface area contributed by atoms with Gasteiger partial charge in [0, 0.05) is 13.1 Å². The smallest absolute Gasteiger partial charge is 0.312 e. The Morgan fingerprint density at radius 2 is 2.10 bits per heavy atom. The maximum atomic E-state index is 12.3. The second-order valence-corrected chi connectivity index (χ2v) is 6.29. The fourth-order valence-corrected chi connectivity index (χ4v) is 2.85. The lowest BCUT2D eigenvalue weighted by Crippen LogP contribution is -2.26. The molecule has 2 rings (SSSR count). The molecule has 0 aliphatic carbocycles. The van der Waals surface area contributed by atoms with Gasteiger partial charge in [-0.15, -0.1) is 0 Å². The molecule has 8 nitrogen and oxygen atoms in total. The van der Waals surface area contributed by atoms with Gasteiger partial charge in [-0.3, -0.25) is 10.1 Å². The van der Waals surface area contributed by atoms with Crippen LogP contribution in [0.3, 0.4) is 0 Å². The first-order valence-corrected chi connectivity index (χ1v) is 7.22. The molecule has 0 saturated carbocycles. The maximum Gasteiger partial charge on any atom is 0.312 e. The molecule has 112 valence electrons. The standard InChI is InChI=1S/C12H12N2O6S/c1-13(8-9-3-2-6-20-9)21(18,19)10-4-5-12(15)11(7-10)14(16)17/h2-7,15H,8H2,1H3. The van der Waals surface area contributed by atoms with Gasteiger partial charge in [-0.25, -0.2) is 8.42 Å². The molecular formula is C12H12N2O6S. The molecule has 1 aromatic carbocycles. The number of benzene rings is 1. The number of nitro groups is 1. The van der Waals surface area contributed by atoms with Crippen LogP contribution in [0.25, 0.3) is 0 Å². The van der Waals surface area contributed by atoms with Crippen molar-refractivity contribution in [3.05, 3.63) is 52.5 Å². The van der Waals surface area contributed by atoms with Gasteiger partial charge in [0.15, 0.2) is 5.75 Å². The van der Waals surface area contributed by atoms with Crippen molar-refractivity contribution in [2.24, 2.45) is 0 Å². The molecule has 1 heterocycles. The Kier molecular flexibility index (Phi) is 3.96. The number of phenols is 1. The molecule has 0 spiro atoms. The summed E-state index contributed by atoms with van der Waals surface area (Å²) >= 11 is 0. The highest BCUT2D eigenvalue weighted by Crippen LogP contribution is 2.29. The summed E-state index contributed by atoms with van der Waals surface area (Å²) in [6.07, 6.45) is 1.42. The van der Waals surface area contributed by atoms with E-state index in [0.29, 0.717) is 5.76 Å². The van der Waals surface area contributed by atoms with Crippen molar-refractivity contribution < 1.29 is 22.9 Å². The second kappa shape index (κ2) is 5.54. The van der Waals surface area contributed by atoms with Crippen molar-refractivity contribution in [3.8, 4) is 5.75 Å². The monoisotopic (exact) mass is 312 g/mol. The third kappa shape index (κ3) is 3.03. The SMILES string of the molecule is CN(Cc1ccco1)S(=O)(=O)c1ccc(O)c([N+](=O)[O-])c1. The molecule has 9 heteroatoms. The van der Waals surface area contributed by atoms with Gasteiger partial charge in [0.25, 0.3) is 0 Å². The molecule has 0 saturated heterocycles. The van der Waals surface area contributed by atoms with Crippen LogP contribution in [-0.4, -0.2) is 29.8 Å². The minimum absolute atomic E-state index is 0.00991. The summed E-state index contributed by atoms with van der Waals surface area (Å²) in [6, 6.07) is 6.15. The van der Waals surface area contributed by atoms with Gasteiger partial charge in [0.2, 0.25) is 10.0 Å². The van der Waals surface area contributed by atoms with Gasteiger partial charge < -0.3 is 9.52 Å². The Hall–Kier alpha value is -2.39. The highest BCUT2D eigenvalue weighted by Gasteiger charge is 2.25. The zero-order valence-electron chi connectivity index (χ0n) is 11.0. The first-order valence-electron chi connectivity index (χ1n) is 5.78. The lowest BCUT2D eigenvalue weighted by molar-refractivity contribution is -0.386. The summed E-state index contributed by atoms with van der Waals surface area (Å²) in [7, 11) is -2.60. The van der Waals surface area contributed by atoms with E-state index in [2.05, 4.69) is 0 Å². The molecule has 2 aromatic rings. The van der Waals surface area contributed by atoms with Gasteiger partial charge in [-0.1, -0.05) is 0 Å². The van der Waals surface area contributed by atoms with Gasteiger partial charge in [0.05, 0.1) is 22.6 Å². The van der Waals surface area contributed by atoms with E-state index in [1.807, 2.05) is 0 Å². The van der Waals surface area contributed by atoms with Crippen molar-refractivity contribution in [1.29, 1.82) is 0 Å². The summed E-state index contributed by atoms with van der Waals surface area (Å²) in [5.41, 5.74) is -0.664. The van der Waals surface area contributed by atoms with Crippen molar-refractivity contribution >= 4 is 15.7 Å². The molecule has 1 aromatic heterocycles. The fraction of sp³-hybridized carbons (Fsp3) is 0.167. The second-order valence-electron chi connectivity index (χ2n) is 4.25. The summed E-state index contributed by atoms with van der Waals surface area (Å²) in [6.45, 7) is -0.00991. The predicted molar refractivity (Wildman–Crippen MR) is 72.1 cm³/mol. The number of aromatic hydroxyl groups is 1. The molecule has 0 aliphatic rings. The van der Waals surface area contributed by atoms with E-state index < -0.39 is 26.4 Å². The average molecular weight is 312 g/mol. The third-order valence-corrected chi connectivity index (χ3v) is 4.61. The van der Waals surface area contributed by atoms with Crippen molar-refractivity contribution in [3.63, 3.8) is 0 Å². The molecule has 0 aliphatic heterocycles. The van der Waals surface area contributed by atoms with Crippen LogP contribution >= 0.6 is 0 Å². The summed E-state index contributed by atoms with van der Waals surface area (Å²) in [4.78, 5) is 9.63. The number of nitrogens with zero attached hydrogens (tertiary/aromatic N) is 2. The summed E-state index contributed by atoms with van der Waals surface area (Å²) in [5.74, 6) is -0.151. The minimum atomic E-state index is -3.93. The van der Waals surface area contributed by atoms with E-state index >= 15 is 0 Å². The first kappa shape index (κ1) is 15.0. The van der Waals surface area contributed by atoms with Crippen LogP contribution in [0.4, 0.5) is 5.69 Å². The number of sulfonamides is 1. The number of furan rings is 1. The van der Waals surface area contributed by atoms with E-state index in [0.717, 1.165) is 22.5 Å². The van der Waals surface area contributed by atoms with Crippen LogP contribution in [0.2, 0.25) is 0 Å². The number of nitro benzene ring substituents is 1. The predicted octanol–water partition coefficient (Wildman–Crippen LogP) is 1.71.